The number of fused-ring (bicyclic) bond motifs is 1. The fraction of sp³-hybridized carbons (Fsp3) is 0.524. The van der Waals surface area contributed by atoms with Crippen LogP contribution in [-0.2, 0) is 25.6 Å². The Morgan fingerprint density at radius 1 is 1.03 bits per heavy atom. The maximum atomic E-state index is 12.5. The van der Waals surface area contributed by atoms with Crippen LogP contribution < -0.4 is 27.5 Å². The highest BCUT2D eigenvalue weighted by molar-refractivity contribution is 7.99. The molecule has 0 bridgehead atoms. The Morgan fingerprint density at radius 3 is 2.26 bits per heavy atom. The lowest BCUT2D eigenvalue weighted by Gasteiger charge is -2.18. The minimum Gasteiger partial charge on any atom is -0.480 e. The van der Waals surface area contributed by atoms with Crippen molar-refractivity contribution in [2.45, 2.75) is 52.1 Å². The fourth-order valence-electron chi connectivity index (χ4n) is 3.47. The number of carbonyl (C=O) groups is 4. The maximum Gasteiger partial charge on any atom is 0.322 e. The molecule has 35 heavy (non-hydrogen) atoms. The molecule has 2 aromatic heterocycles. The lowest BCUT2D eigenvalue weighted by molar-refractivity contribution is -0.139. The molecule has 0 aliphatic heterocycles. The van der Waals surface area contributed by atoms with Crippen LogP contribution >= 0.6 is 11.8 Å². The summed E-state index contributed by atoms with van der Waals surface area (Å²) in [6.07, 6.45) is 0.0525. The number of carboxylic acids is 2. The summed E-state index contributed by atoms with van der Waals surface area (Å²) in [6.45, 7) is 4.41. The molecule has 2 unspecified atom stereocenters. The monoisotopic (exact) mass is 511 g/mol. The molecule has 2 heterocycles. The Balaban J connectivity index is 2.05. The van der Waals surface area contributed by atoms with Crippen LogP contribution in [0.1, 0.15) is 35.4 Å². The van der Waals surface area contributed by atoms with Gasteiger partial charge in [0.2, 0.25) is 11.8 Å². The zero-order valence-electron chi connectivity index (χ0n) is 19.6. The van der Waals surface area contributed by atoms with E-state index in [0.717, 1.165) is 4.52 Å². The predicted molar refractivity (Wildman–Crippen MR) is 127 cm³/mol. The van der Waals surface area contributed by atoms with E-state index in [2.05, 4.69) is 10.6 Å². The number of aromatic nitrogens is 2. The number of aryl methyl sites for hydroxylation is 2. The summed E-state index contributed by atoms with van der Waals surface area (Å²) in [5, 5.41) is 22.3. The van der Waals surface area contributed by atoms with Crippen molar-refractivity contribution in [3.05, 3.63) is 43.2 Å². The van der Waals surface area contributed by atoms with Gasteiger partial charge >= 0.3 is 11.9 Å². The normalized spacial score (nSPS) is 12.9. The number of amides is 2. The molecule has 0 saturated carbocycles. The molecule has 2 rings (SSSR count). The molecule has 14 heteroatoms. The summed E-state index contributed by atoms with van der Waals surface area (Å²) in [5.74, 6) is -3.27. The van der Waals surface area contributed by atoms with Crippen LogP contribution in [0.15, 0.2) is 9.59 Å². The summed E-state index contributed by atoms with van der Waals surface area (Å²) in [6, 6.07) is -2.29. The zero-order valence-corrected chi connectivity index (χ0v) is 20.4. The average Bonchev–Trinajstić information content (AvgIpc) is 3.18. The van der Waals surface area contributed by atoms with E-state index in [1.54, 1.807) is 25.3 Å². The second-order valence-corrected chi connectivity index (χ2v) is 9.21. The summed E-state index contributed by atoms with van der Waals surface area (Å²) >= 11 is 1.29. The molecule has 2 amide bonds. The molecule has 0 aromatic carbocycles. The number of aliphatic carboxylic acids is 2. The number of nitrogens with two attached hydrogens (primary N) is 1. The van der Waals surface area contributed by atoms with Gasteiger partial charge in [-0.15, -0.1) is 0 Å². The van der Waals surface area contributed by atoms with E-state index < -0.39 is 42.4 Å². The van der Waals surface area contributed by atoms with Crippen LogP contribution in [0.3, 0.4) is 0 Å². The molecular weight excluding hydrogens is 482 g/mol. The van der Waals surface area contributed by atoms with Crippen molar-refractivity contribution >= 4 is 35.5 Å². The number of rotatable bonds is 13. The van der Waals surface area contributed by atoms with E-state index in [0.29, 0.717) is 34.7 Å². The van der Waals surface area contributed by atoms with Gasteiger partial charge in [-0.05, 0) is 39.4 Å². The van der Waals surface area contributed by atoms with E-state index in [-0.39, 0.29) is 29.7 Å². The van der Waals surface area contributed by atoms with Gasteiger partial charge in [-0.25, -0.2) is 0 Å². The van der Waals surface area contributed by atoms with Crippen LogP contribution in [0.25, 0.3) is 0 Å². The summed E-state index contributed by atoms with van der Waals surface area (Å²) in [7, 11) is 0. The van der Waals surface area contributed by atoms with Gasteiger partial charge in [-0.1, -0.05) is 0 Å². The van der Waals surface area contributed by atoms with E-state index in [1.807, 2.05) is 0 Å². The number of hydrogen-bond acceptors (Lipinski definition) is 8. The second kappa shape index (κ2) is 11.8. The summed E-state index contributed by atoms with van der Waals surface area (Å²) < 4.78 is 2.70. The second-order valence-electron chi connectivity index (χ2n) is 8.06. The molecule has 6 N–H and O–H groups in total. The SMILES string of the molecule is Cc1c(C)n2c(CCSCC(NC(=O)CCC(N)C(=O)O)C(=O)NCC(=O)O)c(C)c(=O)n2c1=O. The van der Waals surface area contributed by atoms with Crippen LogP contribution in [0.5, 0.6) is 0 Å². The Morgan fingerprint density at radius 2 is 1.66 bits per heavy atom. The molecule has 0 saturated heterocycles. The van der Waals surface area contributed by atoms with E-state index >= 15 is 0 Å². The smallest absolute Gasteiger partial charge is 0.322 e. The highest BCUT2D eigenvalue weighted by atomic mass is 32.2. The van der Waals surface area contributed by atoms with Gasteiger partial charge in [0.15, 0.2) is 0 Å². The molecule has 0 spiro atoms. The minimum absolute atomic E-state index is 0.0962. The number of carbonyl (C=O) groups excluding carboxylic acids is 2. The van der Waals surface area contributed by atoms with Gasteiger partial charge in [-0.3, -0.25) is 33.3 Å². The third-order valence-corrected chi connectivity index (χ3v) is 6.67. The van der Waals surface area contributed by atoms with Gasteiger partial charge in [-0.2, -0.15) is 16.3 Å². The van der Waals surface area contributed by atoms with Crippen LogP contribution in [0.4, 0.5) is 0 Å². The molecule has 192 valence electrons. The van der Waals surface area contributed by atoms with Crippen molar-refractivity contribution < 1.29 is 29.4 Å². The first kappa shape index (κ1) is 27.9. The first-order valence-electron chi connectivity index (χ1n) is 10.8. The largest absolute Gasteiger partial charge is 0.480 e. The topological polar surface area (TPSA) is 202 Å². The Labute approximate surface area is 204 Å². The fourth-order valence-corrected chi connectivity index (χ4v) is 4.44. The molecule has 0 aliphatic carbocycles. The molecule has 0 radical (unpaired) electrons. The van der Waals surface area contributed by atoms with Gasteiger partial charge in [0.05, 0.1) is 5.69 Å². The number of nitrogens with zero attached hydrogens (tertiary/aromatic N) is 2. The zero-order chi connectivity index (χ0) is 26.4. The van der Waals surface area contributed by atoms with Crippen molar-refractivity contribution in [1.82, 2.24) is 19.7 Å². The predicted octanol–water partition coefficient (Wildman–Crippen LogP) is -1.72. The number of thioether (sulfide) groups is 1. The number of nitrogens with one attached hydrogen (secondary N) is 2. The van der Waals surface area contributed by atoms with E-state index in [9.17, 15) is 28.8 Å². The molecule has 2 aromatic rings. The van der Waals surface area contributed by atoms with Gasteiger partial charge in [0, 0.05) is 29.0 Å². The van der Waals surface area contributed by atoms with Crippen LogP contribution in [0, 0.1) is 20.8 Å². The van der Waals surface area contributed by atoms with Crippen molar-refractivity contribution in [2.24, 2.45) is 5.73 Å². The lowest BCUT2D eigenvalue weighted by Crippen LogP contribution is -2.49. The van der Waals surface area contributed by atoms with Crippen LogP contribution in [-0.4, -0.2) is 73.1 Å². The standard InChI is InChI=1S/C21H29N5O8S/c1-10-12(3)25-15(11(2)20(32)26(25)19(10)31)6-7-35-9-14(18(30)23-8-17(28)29)24-16(27)5-4-13(22)21(33)34/h13-14H,4-9,22H2,1-3H3,(H,23,30)(H,24,27)(H,28,29)(H,33,34). The Bertz CT molecular complexity index is 1240. The quantitative estimate of drug-likeness (QED) is 0.192. The van der Waals surface area contributed by atoms with Crippen molar-refractivity contribution in [1.29, 1.82) is 0 Å². The van der Waals surface area contributed by atoms with Crippen LogP contribution in [0.2, 0.25) is 0 Å². The van der Waals surface area contributed by atoms with E-state index in [1.165, 1.54) is 11.8 Å². The third-order valence-electron chi connectivity index (χ3n) is 5.61. The highest BCUT2D eigenvalue weighted by Gasteiger charge is 2.23. The number of hydrogen-bond donors (Lipinski definition) is 5. The Hall–Kier alpha value is -3.39. The molecule has 0 aliphatic rings. The molecule has 0 fully saturated rings. The Kier molecular flexibility index (Phi) is 9.42. The highest BCUT2D eigenvalue weighted by Crippen LogP contribution is 2.14. The van der Waals surface area contributed by atoms with Crippen molar-refractivity contribution in [2.75, 3.05) is 18.1 Å². The first-order chi connectivity index (χ1) is 16.4. The summed E-state index contributed by atoms with van der Waals surface area (Å²) in [4.78, 5) is 71.0. The lowest BCUT2D eigenvalue weighted by atomic mass is 10.1. The molecule has 2 atom stereocenters. The van der Waals surface area contributed by atoms with Crippen molar-refractivity contribution in [3.8, 4) is 0 Å². The van der Waals surface area contributed by atoms with Gasteiger partial charge in [0.25, 0.3) is 11.1 Å². The van der Waals surface area contributed by atoms with E-state index in [4.69, 9.17) is 15.9 Å². The molecule has 13 nitrogen and oxygen atoms in total. The average molecular weight is 512 g/mol. The molecular formula is C21H29N5O8S. The van der Waals surface area contributed by atoms with Gasteiger partial charge in [0.1, 0.15) is 18.6 Å². The van der Waals surface area contributed by atoms with Gasteiger partial charge < -0.3 is 26.6 Å². The minimum atomic E-state index is -1.25. The maximum absolute atomic E-state index is 12.5. The first-order valence-corrected chi connectivity index (χ1v) is 11.9. The summed E-state index contributed by atoms with van der Waals surface area (Å²) in [5.41, 5.74) is 6.91. The third kappa shape index (κ3) is 6.60. The van der Waals surface area contributed by atoms with Crippen molar-refractivity contribution in [3.63, 3.8) is 0 Å². The number of carboxylic acid groups (broad SMARTS) is 2.